The van der Waals surface area contributed by atoms with E-state index in [9.17, 15) is 0 Å². The molecule has 0 fully saturated rings. The molecule has 2 heteroatoms. The SMILES string of the molecule is c1ccc(-c2ccc(N(c3ccc(-c4ccc(C(c5ccccc5)(c5ccccc5)c5ccccc5)cc4)cc3)c3ccc(-c4ccc5oc6ccccc6c5c4)cc3)cc2)cc1. The summed E-state index contributed by atoms with van der Waals surface area (Å²) in [7, 11) is 0. The molecule has 0 N–H and O–H groups in total. The molecule has 0 saturated carbocycles. The number of rotatable bonds is 10. The molecule has 0 amide bonds. The zero-order chi connectivity index (χ0) is 42.0. The molecule has 298 valence electrons. The van der Waals surface area contributed by atoms with Gasteiger partial charge in [-0.2, -0.15) is 0 Å². The third-order valence-corrected chi connectivity index (χ3v) is 12.5. The lowest BCUT2D eigenvalue weighted by Gasteiger charge is -2.37. The smallest absolute Gasteiger partial charge is 0.135 e. The summed E-state index contributed by atoms with van der Waals surface area (Å²) >= 11 is 0. The number of nitrogens with zero attached hydrogens (tertiary/aromatic N) is 1. The molecule has 1 heterocycles. The first-order valence-corrected chi connectivity index (χ1v) is 21.6. The van der Waals surface area contributed by atoms with Crippen LogP contribution in [0.3, 0.4) is 0 Å². The summed E-state index contributed by atoms with van der Waals surface area (Å²) in [5, 5.41) is 2.26. The molecule has 0 aliphatic heterocycles. The van der Waals surface area contributed by atoms with Crippen LogP contribution in [-0.2, 0) is 5.41 Å². The monoisotopic (exact) mass is 805 g/mol. The van der Waals surface area contributed by atoms with Crippen LogP contribution in [0.5, 0.6) is 0 Å². The van der Waals surface area contributed by atoms with E-state index in [1.165, 1.54) is 38.9 Å². The van der Waals surface area contributed by atoms with Gasteiger partial charge in [0.25, 0.3) is 0 Å². The topological polar surface area (TPSA) is 16.4 Å². The highest BCUT2D eigenvalue weighted by atomic mass is 16.3. The van der Waals surface area contributed by atoms with E-state index >= 15 is 0 Å². The minimum Gasteiger partial charge on any atom is -0.456 e. The van der Waals surface area contributed by atoms with E-state index in [0.717, 1.165) is 55.7 Å². The molecule has 63 heavy (non-hydrogen) atoms. The van der Waals surface area contributed by atoms with E-state index in [4.69, 9.17) is 4.42 Å². The van der Waals surface area contributed by atoms with Crippen LogP contribution < -0.4 is 4.90 Å². The van der Waals surface area contributed by atoms with E-state index < -0.39 is 5.41 Å². The van der Waals surface area contributed by atoms with E-state index in [2.05, 4.69) is 254 Å². The van der Waals surface area contributed by atoms with Gasteiger partial charge in [-0.25, -0.2) is 0 Å². The van der Waals surface area contributed by atoms with Gasteiger partial charge in [0, 0.05) is 27.8 Å². The van der Waals surface area contributed by atoms with Crippen molar-refractivity contribution in [1.82, 2.24) is 0 Å². The number of anilines is 3. The Morgan fingerprint density at radius 3 is 1.06 bits per heavy atom. The van der Waals surface area contributed by atoms with Crippen molar-refractivity contribution >= 4 is 39.0 Å². The first-order chi connectivity index (χ1) is 31.2. The van der Waals surface area contributed by atoms with Gasteiger partial charge in [-0.1, -0.05) is 206 Å². The Kier molecular flexibility index (Phi) is 9.80. The fraction of sp³-hybridized carbons (Fsp3) is 0.0164. The molecule has 0 unspecified atom stereocenters. The normalized spacial score (nSPS) is 11.5. The van der Waals surface area contributed by atoms with Crippen molar-refractivity contribution < 1.29 is 4.42 Å². The van der Waals surface area contributed by atoms with Crippen LogP contribution in [0, 0.1) is 0 Å². The van der Waals surface area contributed by atoms with Crippen LogP contribution in [0.25, 0.3) is 55.3 Å². The summed E-state index contributed by atoms with van der Waals surface area (Å²) in [5.41, 5.74) is 16.5. The minimum absolute atomic E-state index is 0.487. The number of hydrogen-bond acceptors (Lipinski definition) is 2. The van der Waals surface area contributed by atoms with E-state index in [1.54, 1.807) is 0 Å². The summed E-state index contributed by atoms with van der Waals surface area (Å²) in [4.78, 5) is 2.34. The molecule has 0 spiro atoms. The first-order valence-electron chi connectivity index (χ1n) is 21.6. The fourth-order valence-electron chi connectivity index (χ4n) is 9.37. The molecule has 0 aliphatic carbocycles. The maximum Gasteiger partial charge on any atom is 0.135 e. The standard InChI is InChI=1S/C61H43NO/c1-5-15-44(16-6-1)46-27-36-54(37-28-46)62(56-40-31-48(32-41-56)49-33-42-60-58(43-49)57-23-13-14-24-59(57)63-60)55-38-29-47(30-39-55)45-25-34-53(35-26-45)61(50-17-7-2-8-18-50,51-19-9-3-10-20-51)52-21-11-4-12-22-52/h1-43H. The minimum atomic E-state index is -0.487. The molecule has 0 bridgehead atoms. The van der Waals surface area contributed by atoms with Crippen LogP contribution >= 0.6 is 0 Å². The van der Waals surface area contributed by atoms with Gasteiger partial charge in [-0.15, -0.1) is 0 Å². The molecule has 11 rings (SSSR count). The van der Waals surface area contributed by atoms with Gasteiger partial charge in [0.15, 0.2) is 0 Å². The molecule has 0 aliphatic rings. The van der Waals surface area contributed by atoms with Gasteiger partial charge < -0.3 is 9.32 Å². The van der Waals surface area contributed by atoms with Crippen LogP contribution in [0.4, 0.5) is 17.1 Å². The lowest BCUT2D eigenvalue weighted by Crippen LogP contribution is -2.30. The zero-order valence-corrected chi connectivity index (χ0v) is 34.7. The predicted octanol–water partition coefficient (Wildman–Crippen LogP) is 16.4. The van der Waals surface area contributed by atoms with Gasteiger partial charge in [-0.3, -0.25) is 0 Å². The van der Waals surface area contributed by atoms with Crippen molar-refractivity contribution in [2.24, 2.45) is 0 Å². The average Bonchev–Trinajstić information content (AvgIpc) is 3.75. The summed E-state index contributed by atoms with van der Waals surface area (Å²) in [5.74, 6) is 0. The summed E-state index contributed by atoms with van der Waals surface area (Å²) < 4.78 is 6.13. The van der Waals surface area contributed by atoms with Crippen molar-refractivity contribution in [3.63, 3.8) is 0 Å². The van der Waals surface area contributed by atoms with Crippen LogP contribution in [0.2, 0.25) is 0 Å². The second kappa shape index (κ2) is 16.3. The third-order valence-electron chi connectivity index (χ3n) is 12.5. The number of benzene rings is 10. The highest BCUT2D eigenvalue weighted by Gasteiger charge is 2.38. The van der Waals surface area contributed by atoms with Crippen molar-refractivity contribution in [1.29, 1.82) is 0 Å². The maximum atomic E-state index is 6.13. The molecular formula is C61H43NO. The lowest BCUT2D eigenvalue weighted by molar-refractivity contribution is 0.669. The molecule has 0 atom stereocenters. The quantitative estimate of drug-likeness (QED) is 0.128. The van der Waals surface area contributed by atoms with Crippen molar-refractivity contribution in [2.45, 2.75) is 5.41 Å². The van der Waals surface area contributed by atoms with E-state index in [0.29, 0.717) is 0 Å². The van der Waals surface area contributed by atoms with Gasteiger partial charge in [-0.05, 0) is 110 Å². The highest BCUT2D eigenvalue weighted by molar-refractivity contribution is 6.06. The third kappa shape index (κ3) is 6.98. The summed E-state index contributed by atoms with van der Waals surface area (Å²) in [6.07, 6.45) is 0. The Labute approximate surface area is 368 Å². The van der Waals surface area contributed by atoms with Crippen molar-refractivity contribution in [3.8, 4) is 33.4 Å². The second-order valence-electron chi connectivity index (χ2n) is 16.1. The van der Waals surface area contributed by atoms with Gasteiger partial charge >= 0.3 is 0 Å². The average molecular weight is 806 g/mol. The molecule has 0 saturated heterocycles. The Balaban J connectivity index is 0.951. The molecule has 10 aromatic carbocycles. The lowest BCUT2D eigenvalue weighted by atomic mass is 9.65. The summed E-state index contributed by atoms with van der Waals surface area (Å²) in [6, 6.07) is 93.8. The Hall–Kier alpha value is -8.20. The fourth-order valence-corrected chi connectivity index (χ4v) is 9.37. The Morgan fingerprint density at radius 1 is 0.254 bits per heavy atom. The number of fused-ring (bicyclic) bond motifs is 3. The predicted molar refractivity (Wildman–Crippen MR) is 263 cm³/mol. The Morgan fingerprint density at radius 2 is 0.587 bits per heavy atom. The molecule has 11 aromatic rings. The molecule has 2 nitrogen and oxygen atoms in total. The maximum absolute atomic E-state index is 6.13. The number of hydrogen-bond donors (Lipinski definition) is 0. The van der Waals surface area contributed by atoms with E-state index in [1.807, 2.05) is 12.1 Å². The largest absolute Gasteiger partial charge is 0.456 e. The van der Waals surface area contributed by atoms with Crippen LogP contribution in [-0.4, -0.2) is 0 Å². The van der Waals surface area contributed by atoms with Gasteiger partial charge in [0.2, 0.25) is 0 Å². The van der Waals surface area contributed by atoms with Gasteiger partial charge in [0.05, 0.1) is 5.41 Å². The van der Waals surface area contributed by atoms with Crippen molar-refractivity contribution in [2.75, 3.05) is 4.90 Å². The second-order valence-corrected chi connectivity index (χ2v) is 16.1. The molecule has 1 aromatic heterocycles. The van der Waals surface area contributed by atoms with E-state index in [-0.39, 0.29) is 0 Å². The van der Waals surface area contributed by atoms with Crippen LogP contribution in [0.1, 0.15) is 22.3 Å². The molecule has 0 radical (unpaired) electrons. The van der Waals surface area contributed by atoms with Gasteiger partial charge in [0.1, 0.15) is 11.2 Å². The van der Waals surface area contributed by atoms with Crippen LogP contribution in [0.15, 0.2) is 265 Å². The number of para-hydroxylation sites is 1. The highest BCUT2D eigenvalue weighted by Crippen LogP contribution is 2.46. The Bertz CT molecular complexity index is 3170. The zero-order valence-electron chi connectivity index (χ0n) is 34.7. The molecular weight excluding hydrogens is 763 g/mol. The van der Waals surface area contributed by atoms with Crippen molar-refractivity contribution in [3.05, 3.63) is 283 Å². The summed E-state index contributed by atoms with van der Waals surface area (Å²) in [6.45, 7) is 0. The number of furan rings is 1. The first kappa shape index (κ1) is 37.8.